The van der Waals surface area contributed by atoms with E-state index in [-0.39, 0.29) is 17.9 Å². The molecular weight excluding hydrogens is 366 g/mol. The van der Waals surface area contributed by atoms with Crippen molar-refractivity contribution in [3.8, 4) is 0 Å². The lowest BCUT2D eigenvalue weighted by Gasteiger charge is -2.09. The molecule has 0 radical (unpaired) electrons. The number of halogens is 4. The first-order chi connectivity index (χ1) is 12.7. The van der Waals surface area contributed by atoms with Gasteiger partial charge in [-0.3, -0.25) is 9.59 Å². The van der Waals surface area contributed by atoms with E-state index in [1.807, 2.05) is 0 Å². The Morgan fingerprint density at radius 3 is 2.52 bits per heavy atom. The fourth-order valence-corrected chi connectivity index (χ4v) is 2.08. The number of benzene rings is 2. The highest BCUT2D eigenvalue weighted by Gasteiger charge is 2.34. The zero-order chi connectivity index (χ0) is 20.0. The first-order valence-corrected chi connectivity index (χ1v) is 7.81. The molecule has 0 aromatic heterocycles. The van der Waals surface area contributed by atoms with Crippen LogP contribution in [-0.2, 0) is 11.0 Å². The molecule has 27 heavy (non-hydrogen) atoms. The Bertz CT molecular complexity index is 879. The lowest BCUT2D eigenvalue weighted by atomic mass is 10.1. The SMILES string of the molecule is CCC(=O)Nc1cccc(C(=O)NN=Cc2cccc(C(F)(F)F)c2F)c1. The number of anilines is 1. The normalized spacial score (nSPS) is 11.4. The van der Waals surface area contributed by atoms with Gasteiger partial charge in [0, 0.05) is 23.2 Å². The maximum absolute atomic E-state index is 13.9. The summed E-state index contributed by atoms with van der Waals surface area (Å²) in [6, 6.07) is 8.74. The van der Waals surface area contributed by atoms with Crippen molar-refractivity contribution in [1.82, 2.24) is 5.43 Å². The highest BCUT2D eigenvalue weighted by Crippen LogP contribution is 2.31. The third kappa shape index (κ3) is 5.37. The van der Waals surface area contributed by atoms with Crippen molar-refractivity contribution >= 4 is 23.7 Å². The molecule has 0 aliphatic rings. The largest absolute Gasteiger partial charge is 0.419 e. The van der Waals surface area contributed by atoms with E-state index >= 15 is 0 Å². The molecule has 0 spiro atoms. The molecule has 0 fully saturated rings. The van der Waals surface area contributed by atoms with Gasteiger partial charge < -0.3 is 5.32 Å². The van der Waals surface area contributed by atoms with E-state index in [2.05, 4.69) is 15.8 Å². The van der Waals surface area contributed by atoms with Gasteiger partial charge in [0.1, 0.15) is 5.82 Å². The van der Waals surface area contributed by atoms with Crippen LogP contribution in [0.5, 0.6) is 0 Å². The second kappa shape index (κ2) is 8.43. The molecule has 0 atom stereocenters. The predicted molar refractivity (Wildman–Crippen MR) is 91.8 cm³/mol. The Labute approximate surface area is 152 Å². The summed E-state index contributed by atoms with van der Waals surface area (Å²) in [5, 5.41) is 6.07. The van der Waals surface area contributed by atoms with Gasteiger partial charge in [-0.15, -0.1) is 0 Å². The number of nitrogens with zero attached hydrogens (tertiary/aromatic N) is 1. The molecule has 2 N–H and O–H groups in total. The standard InChI is InChI=1S/C18H15F4N3O2/c1-2-15(26)24-13-7-3-5-11(9-13)17(27)25-23-10-12-6-4-8-14(16(12)19)18(20,21)22/h3-10H,2H2,1H3,(H,24,26)(H,25,27). The van der Waals surface area contributed by atoms with Gasteiger partial charge in [-0.1, -0.05) is 25.1 Å². The van der Waals surface area contributed by atoms with Crippen molar-refractivity contribution in [3.05, 3.63) is 65.0 Å². The fourth-order valence-electron chi connectivity index (χ4n) is 2.08. The van der Waals surface area contributed by atoms with E-state index in [1.54, 1.807) is 13.0 Å². The summed E-state index contributed by atoms with van der Waals surface area (Å²) >= 11 is 0. The van der Waals surface area contributed by atoms with Crippen LogP contribution in [0.4, 0.5) is 23.2 Å². The molecular formula is C18H15F4N3O2. The lowest BCUT2D eigenvalue weighted by Crippen LogP contribution is -2.18. The average molecular weight is 381 g/mol. The summed E-state index contributed by atoms with van der Waals surface area (Å²) in [4.78, 5) is 23.4. The number of carbonyl (C=O) groups is 2. The van der Waals surface area contributed by atoms with Gasteiger partial charge in [-0.25, -0.2) is 9.82 Å². The van der Waals surface area contributed by atoms with E-state index in [0.29, 0.717) is 11.8 Å². The van der Waals surface area contributed by atoms with E-state index < -0.39 is 29.0 Å². The van der Waals surface area contributed by atoms with Gasteiger partial charge in [0.05, 0.1) is 11.8 Å². The third-order valence-corrected chi connectivity index (χ3v) is 3.43. The zero-order valence-electron chi connectivity index (χ0n) is 14.1. The van der Waals surface area contributed by atoms with E-state index in [9.17, 15) is 27.2 Å². The summed E-state index contributed by atoms with van der Waals surface area (Å²) in [6.45, 7) is 1.67. The maximum atomic E-state index is 13.9. The summed E-state index contributed by atoms with van der Waals surface area (Å²) < 4.78 is 51.9. The Kier molecular flexibility index (Phi) is 6.27. The average Bonchev–Trinajstić information content (AvgIpc) is 2.62. The summed E-state index contributed by atoms with van der Waals surface area (Å²) in [5.41, 5.74) is 0.819. The van der Waals surface area contributed by atoms with Gasteiger partial charge in [0.15, 0.2) is 0 Å². The van der Waals surface area contributed by atoms with Gasteiger partial charge >= 0.3 is 6.18 Å². The van der Waals surface area contributed by atoms with Crippen LogP contribution >= 0.6 is 0 Å². The van der Waals surface area contributed by atoms with Crippen LogP contribution in [-0.4, -0.2) is 18.0 Å². The fraction of sp³-hybridized carbons (Fsp3) is 0.167. The van der Waals surface area contributed by atoms with Crippen molar-refractivity contribution in [2.45, 2.75) is 19.5 Å². The molecule has 0 aliphatic carbocycles. The molecule has 142 valence electrons. The summed E-state index contributed by atoms with van der Waals surface area (Å²) in [5.74, 6) is -2.39. The second-order valence-electron chi connectivity index (χ2n) is 5.39. The van der Waals surface area contributed by atoms with Crippen molar-refractivity contribution in [2.24, 2.45) is 5.10 Å². The molecule has 2 amide bonds. The van der Waals surface area contributed by atoms with Crippen LogP contribution in [0, 0.1) is 5.82 Å². The second-order valence-corrected chi connectivity index (χ2v) is 5.39. The Morgan fingerprint density at radius 1 is 1.15 bits per heavy atom. The van der Waals surface area contributed by atoms with Gasteiger partial charge in [-0.2, -0.15) is 18.3 Å². The van der Waals surface area contributed by atoms with E-state index in [0.717, 1.165) is 18.3 Å². The van der Waals surface area contributed by atoms with Crippen LogP contribution in [0.3, 0.4) is 0 Å². The number of hydrogen-bond donors (Lipinski definition) is 2. The van der Waals surface area contributed by atoms with Gasteiger partial charge in [-0.05, 0) is 24.3 Å². The summed E-state index contributed by atoms with van der Waals surface area (Å²) in [7, 11) is 0. The third-order valence-electron chi connectivity index (χ3n) is 3.43. The van der Waals surface area contributed by atoms with Gasteiger partial charge in [0.2, 0.25) is 5.91 Å². The first-order valence-electron chi connectivity index (χ1n) is 7.81. The molecule has 0 bridgehead atoms. The molecule has 5 nitrogen and oxygen atoms in total. The highest BCUT2D eigenvalue weighted by atomic mass is 19.4. The number of amides is 2. The monoisotopic (exact) mass is 381 g/mol. The van der Waals surface area contributed by atoms with Crippen molar-refractivity contribution in [3.63, 3.8) is 0 Å². The van der Waals surface area contributed by atoms with Crippen molar-refractivity contribution in [1.29, 1.82) is 0 Å². The Morgan fingerprint density at radius 2 is 1.85 bits per heavy atom. The minimum atomic E-state index is -4.83. The van der Waals surface area contributed by atoms with Crippen LogP contribution in [0.15, 0.2) is 47.6 Å². The van der Waals surface area contributed by atoms with Crippen LogP contribution in [0.25, 0.3) is 0 Å². The molecule has 0 saturated heterocycles. The molecule has 0 unspecified atom stereocenters. The minimum absolute atomic E-state index is 0.158. The number of hydrazone groups is 1. The smallest absolute Gasteiger partial charge is 0.326 e. The number of nitrogens with one attached hydrogen (secondary N) is 2. The van der Waals surface area contributed by atoms with Gasteiger partial charge in [0.25, 0.3) is 5.91 Å². The number of hydrogen-bond acceptors (Lipinski definition) is 3. The van der Waals surface area contributed by atoms with Crippen LogP contribution in [0.2, 0.25) is 0 Å². The quantitative estimate of drug-likeness (QED) is 0.468. The lowest BCUT2D eigenvalue weighted by molar-refractivity contribution is -0.140. The zero-order valence-corrected chi connectivity index (χ0v) is 14.1. The van der Waals surface area contributed by atoms with E-state index in [1.165, 1.54) is 18.2 Å². The summed E-state index contributed by atoms with van der Waals surface area (Å²) in [6.07, 6.45) is -3.78. The maximum Gasteiger partial charge on any atom is 0.419 e. The topological polar surface area (TPSA) is 70.6 Å². The minimum Gasteiger partial charge on any atom is -0.326 e. The molecule has 2 rings (SSSR count). The van der Waals surface area contributed by atoms with E-state index in [4.69, 9.17) is 0 Å². The first kappa shape index (κ1) is 20.1. The predicted octanol–water partition coefficient (Wildman–Crippen LogP) is 3.96. The molecule has 2 aromatic carbocycles. The molecule has 0 heterocycles. The Balaban J connectivity index is 2.10. The highest BCUT2D eigenvalue weighted by molar-refractivity contribution is 5.97. The number of carbonyl (C=O) groups excluding carboxylic acids is 2. The van der Waals surface area contributed by atoms with Crippen LogP contribution in [0.1, 0.15) is 34.8 Å². The molecule has 9 heteroatoms. The van der Waals surface area contributed by atoms with Crippen molar-refractivity contribution < 1.29 is 27.2 Å². The molecule has 0 aliphatic heterocycles. The molecule has 0 saturated carbocycles. The Hall–Kier alpha value is -3.23. The number of alkyl halides is 3. The molecule has 2 aromatic rings. The van der Waals surface area contributed by atoms with Crippen LogP contribution < -0.4 is 10.7 Å². The number of rotatable bonds is 5. The van der Waals surface area contributed by atoms with Crippen molar-refractivity contribution in [2.75, 3.05) is 5.32 Å².